The monoisotopic (exact) mass is 347 g/mol. The second kappa shape index (κ2) is 5.16. The number of rotatable bonds is 5. The van der Waals surface area contributed by atoms with Gasteiger partial charge in [-0.05, 0) is 0 Å². The lowest BCUT2D eigenvalue weighted by atomic mass is 9.98. The lowest BCUT2D eigenvalue weighted by Gasteiger charge is -2.28. The first-order valence-corrected chi connectivity index (χ1v) is 7.83. The van der Waals surface area contributed by atoms with E-state index in [1.165, 1.54) is 11.1 Å². The molecule has 0 aromatic carbocycles. The van der Waals surface area contributed by atoms with Crippen LogP contribution in [0.1, 0.15) is 23.3 Å². The predicted molar refractivity (Wildman–Crippen MR) is 71.0 cm³/mol. The van der Waals surface area contributed by atoms with Crippen LogP contribution in [0.5, 0.6) is 0 Å². The van der Waals surface area contributed by atoms with Crippen molar-refractivity contribution in [1.82, 2.24) is 19.7 Å². The highest BCUT2D eigenvalue weighted by atomic mass is 32.3. The lowest BCUT2D eigenvalue weighted by molar-refractivity contribution is -0.137. The first-order valence-electron chi connectivity index (χ1n) is 6.47. The number of aliphatic carboxylic acids is 1. The molecular formula is C10H13N5O7S. The number of carbonyl (C=O) groups is 2. The first kappa shape index (κ1) is 15.7. The number of urea groups is 1. The Labute approximate surface area is 129 Å². The average Bonchev–Trinajstić information content (AvgIpc) is 2.93. The molecule has 3 rings (SSSR count). The van der Waals surface area contributed by atoms with Crippen LogP contribution < -0.4 is 5.73 Å². The van der Waals surface area contributed by atoms with E-state index in [4.69, 9.17) is 15.4 Å². The molecule has 2 unspecified atom stereocenters. The topological polar surface area (TPSA) is 168 Å². The van der Waals surface area contributed by atoms with Crippen LogP contribution in [0.3, 0.4) is 0 Å². The van der Waals surface area contributed by atoms with Gasteiger partial charge in [0.25, 0.3) is 0 Å². The summed E-state index contributed by atoms with van der Waals surface area (Å²) >= 11 is 0. The first-order chi connectivity index (χ1) is 10.7. The number of carboxylic acid groups (broad SMARTS) is 1. The van der Waals surface area contributed by atoms with Gasteiger partial charge in [0.2, 0.25) is 0 Å². The van der Waals surface area contributed by atoms with E-state index in [0.29, 0.717) is 16.3 Å². The Balaban J connectivity index is 2.03. The van der Waals surface area contributed by atoms with Crippen LogP contribution in [0.25, 0.3) is 0 Å². The molecule has 0 aliphatic carbocycles. The summed E-state index contributed by atoms with van der Waals surface area (Å²) in [5.74, 6) is -1.11. The maximum absolute atomic E-state index is 12.2. The molecule has 4 N–H and O–H groups in total. The number of hydrogen-bond donors (Lipinski definition) is 3. The van der Waals surface area contributed by atoms with Crippen molar-refractivity contribution < 1.29 is 31.9 Å². The zero-order valence-corrected chi connectivity index (χ0v) is 12.4. The molecule has 0 radical (unpaired) electrons. The summed E-state index contributed by atoms with van der Waals surface area (Å²) in [5.41, 5.74) is 6.46. The fourth-order valence-electron chi connectivity index (χ4n) is 2.84. The van der Waals surface area contributed by atoms with E-state index in [2.05, 4.69) is 9.38 Å². The van der Waals surface area contributed by atoms with E-state index >= 15 is 0 Å². The van der Waals surface area contributed by atoms with Crippen molar-refractivity contribution >= 4 is 22.4 Å². The van der Waals surface area contributed by atoms with Gasteiger partial charge in [-0.15, -0.1) is 4.28 Å². The minimum Gasteiger partial charge on any atom is -0.480 e. The van der Waals surface area contributed by atoms with Crippen molar-refractivity contribution in [1.29, 1.82) is 0 Å². The predicted octanol–water partition coefficient (Wildman–Crippen LogP) is -1.51. The third-order valence-corrected chi connectivity index (χ3v) is 4.00. The minimum atomic E-state index is -4.89. The van der Waals surface area contributed by atoms with Crippen LogP contribution in [-0.2, 0) is 26.0 Å². The van der Waals surface area contributed by atoms with Gasteiger partial charge in [0.15, 0.2) is 0 Å². The fourth-order valence-corrected chi connectivity index (χ4v) is 3.21. The Kier molecular flexibility index (Phi) is 3.51. The Hall–Kier alpha value is -2.22. The maximum atomic E-state index is 12.2. The summed E-state index contributed by atoms with van der Waals surface area (Å²) in [6.45, 7) is -0.304. The molecule has 23 heavy (non-hydrogen) atoms. The summed E-state index contributed by atoms with van der Waals surface area (Å²) in [5, 5.41) is 13.5. The van der Waals surface area contributed by atoms with Crippen LogP contribution in [0.4, 0.5) is 4.79 Å². The molecule has 13 heteroatoms. The molecule has 1 saturated heterocycles. The second-order valence-electron chi connectivity index (χ2n) is 5.09. The van der Waals surface area contributed by atoms with E-state index < -0.39 is 41.0 Å². The van der Waals surface area contributed by atoms with Crippen LogP contribution >= 0.6 is 0 Å². The summed E-state index contributed by atoms with van der Waals surface area (Å²) in [7, 11) is -4.89. The SMILES string of the molecule is NCC1c2nn(CC(=O)O)cc2C2CN1C(=O)N2OS(=O)(=O)O. The highest BCUT2D eigenvalue weighted by Gasteiger charge is 2.51. The summed E-state index contributed by atoms with van der Waals surface area (Å²) < 4.78 is 36.2. The van der Waals surface area contributed by atoms with Crippen molar-refractivity contribution in [2.45, 2.75) is 18.6 Å². The number of amides is 2. The molecule has 2 atom stereocenters. The minimum absolute atomic E-state index is 0.00919. The fraction of sp³-hybridized carbons (Fsp3) is 0.500. The Morgan fingerprint density at radius 2 is 2.22 bits per heavy atom. The molecule has 0 spiro atoms. The Morgan fingerprint density at radius 3 is 2.78 bits per heavy atom. The molecule has 3 heterocycles. The van der Waals surface area contributed by atoms with Crippen molar-refractivity contribution in [2.24, 2.45) is 5.73 Å². The molecule has 2 amide bonds. The van der Waals surface area contributed by atoms with E-state index in [9.17, 15) is 18.0 Å². The van der Waals surface area contributed by atoms with Crippen molar-refractivity contribution in [3.05, 3.63) is 17.5 Å². The van der Waals surface area contributed by atoms with Crippen molar-refractivity contribution in [2.75, 3.05) is 13.1 Å². The zero-order valence-electron chi connectivity index (χ0n) is 11.6. The summed E-state index contributed by atoms with van der Waals surface area (Å²) in [6.07, 6.45) is 1.40. The standard InChI is InChI=1S/C10H13N5O7S/c11-1-6-9-5(2-13(12-9)4-8(16)17)7-3-14(6)10(18)15(7)22-23(19,20)21/h2,6-7H,1,3-4,11H2,(H,16,17)(H,19,20,21). The third kappa shape index (κ3) is 2.63. The number of fused-ring (bicyclic) bond motifs is 4. The van der Waals surface area contributed by atoms with E-state index in [0.717, 1.165) is 4.68 Å². The maximum Gasteiger partial charge on any atom is 0.418 e. The van der Waals surface area contributed by atoms with Gasteiger partial charge in [-0.1, -0.05) is 0 Å². The number of carboxylic acids is 1. The van der Waals surface area contributed by atoms with Gasteiger partial charge < -0.3 is 15.7 Å². The van der Waals surface area contributed by atoms with Gasteiger partial charge in [0, 0.05) is 18.3 Å². The summed E-state index contributed by atoms with van der Waals surface area (Å²) in [4.78, 5) is 24.3. The molecule has 12 nitrogen and oxygen atoms in total. The smallest absolute Gasteiger partial charge is 0.418 e. The van der Waals surface area contributed by atoms with Crippen molar-refractivity contribution in [3.8, 4) is 0 Å². The molecule has 2 bridgehead atoms. The van der Waals surface area contributed by atoms with E-state index in [-0.39, 0.29) is 13.1 Å². The van der Waals surface area contributed by atoms with E-state index in [1.54, 1.807) is 0 Å². The van der Waals surface area contributed by atoms with Gasteiger partial charge in [0.1, 0.15) is 12.6 Å². The highest BCUT2D eigenvalue weighted by Crippen LogP contribution is 2.43. The quantitative estimate of drug-likeness (QED) is 0.536. The Morgan fingerprint density at radius 1 is 1.52 bits per heavy atom. The second-order valence-corrected chi connectivity index (χ2v) is 6.10. The van der Waals surface area contributed by atoms with Gasteiger partial charge in [-0.25, -0.2) is 4.79 Å². The van der Waals surface area contributed by atoms with Crippen LogP contribution in [0.15, 0.2) is 6.20 Å². The van der Waals surface area contributed by atoms with Gasteiger partial charge in [-0.2, -0.15) is 18.6 Å². The number of aromatic nitrogens is 2. The van der Waals surface area contributed by atoms with Crippen LogP contribution in [0, 0.1) is 0 Å². The molecule has 0 saturated carbocycles. The van der Waals surface area contributed by atoms with Crippen LogP contribution in [0.2, 0.25) is 0 Å². The van der Waals surface area contributed by atoms with Gasteiger partial charge in [-0.3, -0.25) is 14.0 Å². The highest BCUT2D eigenvalue weighted by molar-refractivity contribution is 7.80. The number of hydroxylamine groups is 2. The van der Waals surface area contributed by atoms with E-state index in [1.807, 2.05) is 0 Å². The molecule has 2 aliphatic rings. The van der Waals surface area contributed by atoms with Crippen LogP contribution in [-0.4, -0.2) is 62.9 Å². The molecule has 2 aliphatic heterocycles. The molecule has 1 aromatic heterocycles. The molecule has 1 fully saturated rings. The van der Waals surface area contributed by atoms with Gasteiger partial charge in [0.05, 0.1) is 18.3 Å². The largest absolute Gasteiger partial charge is 0.480 e. The Bertz CT molecular complexity index is 775. The number of carbonyl (C=O) groups excluding carboxylic acids is 1. The third-order valence-electron chi connectivity index (χ3n) is 3.65. The molecular weight excluding hydrogens is 334 g/mol. The van der Waals surface area contributed by atoms with Crippen molar-refractivity contribution in [3.63, 3.8) is 0 Å². The van der Waals surface area contributed by atoms with Gasteiger partial charge >= 0.3 is 22.4 Å². The lowest BCUT2D eigenvalue weighted by Crippen LogP contribution is -2.38. The number of hydrogen-bond acceptors (Lipinski definition) is 7. The zero-order chi connectivity index (χ0) is 16.9. The molecule has 126 valence electrons. The number of nitrogens with zero attached hydrogens (tertiary/aromatic N) is 4. The average molecular weight is 347 g/mol. The summed E-state index contributed by atoms with van der Waals surface area (Å²) in [6, 6.07) is -2.26. The molecule has 1 aromatic rings. The number of nitrogens with two attached hydrogens (primary N) is 1. The normalized spacial score (nSPS) is 23.3.